The quantitative estimate of drug-likeness (QED) is 0.783. The number of nitrogens with zero attached hydrogens (tertiary/aromatic N) is 4. The highest BCUT2D eigenvalue weighted by Crippen LogP contribution is 2.39. The normalized spacial score (nSPS) is 17.4. The molecule has 0 saturated heterocycles. The molecule has 0 aromatic carbocycles. The molecule has 0 aliphatic heterocycles. The molecule has 1 aliphatic carbocycles. The molecule has 2 aromatic rings. The van der Waals surface area contributed by atoms with Gasteiger partial charge in [-0.05, 0) is 18.8 Å². The van der Waals surface area contributed by atoms with Crippen molar-refractivity contribution >= 4 is 22.3 Å². The summed E-state index contributed by atoms with van der Waals surface area (Å²) in [5, 5.41) is 13.4. The van der Waals surface area contributed by atoms with Gasteiger partial charge in [0.1, 0.15) is 17.5 Å². The molecule has 0 amide bonds. The number of ether oxygens (including phenoxy) is 2. The lowest BCUT2D eigenvalue weighted by molar-refractivity contribution is -0.143. The van der Waals surface area contributed by atoms with Gasteiger partial charge in [0, 0.05) is 7.11 Å². The summed E-state index contributed by atoms with van der Waals surface area (Å²) in [5.74, 6) is 0.455. The van der Waals surface area contributed by atoms with Crippen LogP contribution < -0.4 is 0 Å². The number of carbonyl (C=O) groups excluding carboxylic acids is 1. The minimum absolute atomic E-state index is 0.208. The maximum absolute atomic E-state index is 12.2. The molecule has 1 unspecified atom stereocenters. The van der Waals surface area contributed by atoms with Gasteiger partial charge in [-0.3, -0.25) is 4.79 Å². The van der Waals surface area contributed by atoms with Gasteiger partial charge >= 0.3 is 5.97 Å². The van der Waals surface area contributed by atoms with E-state index in [9.17, 15) is 4.79 Å². The molecule has 8 heteroatoms. The standard InChI is InChI=1S/C13H18N4O3S/c1-19-7-9-14-15-13-17(9)16-11(21-13)10(12(18)20-2)8-5-3-4-6-8/h8,10H,3-7H2,1-2H3. The number of esters is 1. The van der Waals surface area contributed by atoms with E-state index < -0.39 is 0 Å². The second kappa shape index (κ2) is 6.07. The van der Waals surface area contributed by atoms with Crippen LogP contribution in [0.3, 0.4) is 0 Å². The number of fused-ring (bicyclic) bond motifs is 1. The van der Waals surface area contributed by atoms with Crippen LogP contribution >= 0.6 is 11.3 Å². The maximum Gasteiger partial charge on any atom is 0.315 e. The molecule has 2 heterocycles. The SMILES string of the molecule is COCc1nnc2sc(C(C(=O)OC)C3CCCC3)nn12. The number of aromatic nitrogens is 4. The van der Waals surface area contributed by atoms with E-state index in [1.807, 2.05) is 0 Å². The Bertz CT molecular complexity index is 632. The van der Waals surface area contributed by atoms with Gasteiger partial charge in [-0.25, -0.2) is 0 Å². The number of hydrogen-bond donors (Lipinski definition) is 0. The zero-order valence-electron chi connectivity index (χ0n) is 12.1. The van der Waals surface area contributed by atoms with Crippen LogP contribution in [0.15, 0.2) is 0 Å². The third kappa shape index (κ3) is 2.65. The molecule has 1 saturated carbocycles. The zero-order chi connectivity index (χ0) is 14.8. The van der Waals surface area contributed by atoms with E-state index >= 15 is 0 Å². The first kappa shape index (κ1) is 14.4. The number of hydrogen-bond acceptors (Lipinski definition) is 7. The van der Waals surface area contributed by atoms with E-state index in [-0.39, 0.29) is 11.9 Å². The molecule has 3 rings (SSSR count). The lowest BCUT2D eigenvalue weighted by atomic mass is 9.91. The summed E-state index contributed by atoms with van der Waals surface area (Å²) in [6.45, 7) is 0.344. The molecule has 0 radical (unpaired) electrons. The molecular formula is C13H18N4O3S. The van der Waals surface area contributed by atoms with Crippen LogP contribution in [-0.2, 0) is 20.9 Å². The molecular weight excluding hydrogens is 292 g/mol. The van der Waals surface area contributed by atoms with Crippen molar-refractivity contribution in [1.82, 2.24) is 19.8 Å². The molecule has 2 aromatic heterocycles. The molecule has 7 nitrogen and oxygen atoms in total. The Morgan fingerprint density at radius 1 is 1.38 bits per heavy atom. The largest absolute Gasteiger partial charge is 0.468 e. The fourth-order valence-corrected chi connectivity index (χ4v) is 3.97. The molecule has 0 N–H and O–H groups in total. The van der Waals surface area contributed by atoms with Crippen molar-refractivity contribution in [1.29, 1.82) is 0 Å². The van der Waals surface area contributed by atoms with Gasteiger partial charge in [0.2, 0.25) is 4.96 Å². The summed E-state index contributed by atoms with van der Waals surface area (Å²) in [6.07, 6.45) is 4.42. The molecule has 21 heavy (non-hydrogen) atoms. The van der Waals surface area contributed by atoms with E-state index in [1.54, 1.807) is 11.6 Å². The average Bonchev–Trinajstić information content (AvgIpc) is 3.18. The third-order valence-electron chi connectivity index (χ3n) is 3.94. The number of rotatable bonds is 5. The van der Waals surface area contributed by atoms with Crippen LogP contribution in [0.25, 0.3) is 4.96 Å². The third-order valence-corrected chi connectivity index (χ3v) is 4.92. The fraction of sp³-hybridized carbons (Fsp3) is 0.692. The highest BCUT2D eigenvalue weighted by molar-refractivity contribution is 7.16. The first-order valence-corrected chi connectivity index (χ1v) is 7.84. The van der Waals surface area contributed by atoms with E-state index in [0.29, 0.717) is 23.3 Å². The van der Waals surface area contributed by atoms with Crippen molar-refractivity contribution in [2.45, 2.75) is 38.2 Å². The molecule has 1 aliphatic rings. The monoisotopic (exact) mass is 310 g/mol. The topological polar surface area (TPSA) is 78.6 Å². The Balaban J connectivity index is 1.96. The highest BCUT2D eigenvalue weighted by atomic mass is 32.1. The first-order chi connectivity index (χ1) is 10.2. The van der Waals surface area contributed by atoms with Crippen LogP contribution in [-0.4, -0.2) is 40.0 Å². The molecule has 114 valence electrons. The highest BCUT2D eigenvalue weighted by Gasteiger charge is 2.36. The molecule has 0 spiro atoms. The van der Waals surface area contributed by atoms with E-state index in [2.05, 4.69) is 15.3 Å². The first-order valence-electron chi connectivity index (χ1n) is 7.02. The van der Waals surface area contributed by atoms with Crippen LogP contribution in [0.5, 0.6) is 0 Å². The predicted molar refractivity (Wildman–Crippen MR) is 76.1 cm³/mol. The maximum atomic E-state index is 12.2. The van der Waals surface area contributed by atoms with Gasteiger partial charge in [-0.2, -0.15) is 9.61 Å². The summed E-state index contributed by atoms with van der Waals surface area (Å²) in [4.78, 5) is 12.9. The lowest BCUT2D eigenvalue weighted by Gasteiger charge is -2.18. The van der Waals surface area contributed by atoms with Crippen molar-refractivity contribution in [2.24, 2.45) is 5.92 Å². The Labute approximate surface area is 126 Å². The van der Waals surface area contributed by atoms with Crippen LogP contribution in [0, 0.1) is 5.92 Å². The van der Waals surface area contributed by atoms with Gasteiger partial charge in [-0.1, -0.05) is 24.2 Å². The molecule has 1 atom stereocenters. The smallest absolute Gasteiger partial charge is 0.315 e. The lowest BCUT2D eigenvalue weighted by Crippen LogP contribution is -2.21. The second-order valence-corrected chi connectivity index (χ2v) is 6.22. The molecule has 0 bridgehead atoms. The summed E-state index contributed by atoms with van der Waals surface area (Å²) >= 11 is 1.40. The van der Waals surface area contributed by atoms with Gasteiger partial charge in [0.15, 0.2) is 5.82 Å². The van der Waals surface area contributed by atoms with Crippen LogP contribution in [0.4, 0.5) is 0 Å². The number of carbonyl (C=O) groups is 1. The van der Waals surface area contributed by atoms with Crippen LogP contribution in [0.2, 0.25) is 0 Å². The van der Waals surface area contributed by atoms with Gasteiger partial charge in [0.05, 0.1) is 7.11 Å². The van der Waals surface area contributed by atoms with Gasteiger partial charge < -0.3 is 9.47 Å². The number of methoxy groups -OCH3 is 2. The van der Waals surface area contributed by atoms with Crippen molar-refractivity contribution in [3.63, 3.8) is 0 Å². The Morgan fingerprint density at radius 3 is 2.81 bits per heavy atom. The van der Waals surface area contributed by atoms with E-state index in [0.717, 1.165) is 30.7 Å². The molecule has 1 fully saturated rings. The minimum Gasteiger partial charge on any atom is -0.468 e. The van der Waals surface area contributed by atoms with Crippen molar-refractivity contribution < 1.29 is 14.3 Å². The van der Waals surface area contributed by atoms with E-state index in [4.69, 9.17) is 9.47 Å². The Hall–Kier alpha value is -1.54. The van der Waals surface area contributed by atoms with Crippen molar-refractivity contribution in [2.75, 3.05) is 14.2 Å². The Morgan fingerprint density at radius 2 is 2.14 bits per heavy atom. The van der Waals surface area contributed by atoms with Crippen molar-refractivity contribution in [3.8, 4) is 0 Å². The predicted octanol–water partition coefficient (Wildman–Crippen LogP) is 1.78. The average molecular weight is 310 g/mol. The fourth-order valence-electron chi connectivity index (χ4n) is 2.93. The summed E-state index contributed by atoms with van der Waals surface area (Å²) in [7, 11) is 3.03. The summed E-state index contributed by atoms with van der Waals surface area (Å²) < 4.78 is 11.7. The van der Waals surface area contributed by atoms with Crippen LogP contribution in [0.1, 0.15) is 42.4 Å². The summed E-state index contributed by atoms with van der Waals surface area (Å²) in [5.41, 5.74) is 0. The van der Waals surface area contributed by atoms with Gasteiger partial charge in [0.25, 0.3) is 0 Å². The summed E-state index contributed by atoms with van der Waals surface area (Å²) in [6, 6.07) is 0. The minimum atomic E-state index is -0.292. The second-order valence-electron chi connectivity index (χ2n) is 5.23. The van der Waals surface area contributed by atoms with Crippen molar-refractivity contribution in [3.05, 3.63) is 10.8 Å². The van der Waals surface area contributed by atoms with Gasteiger partial charge in [-0.15, -0.1) is 10.2 Å². The zero-order valence-corrected chi connectivity index (χ0v) is 12.9. The van der Waals surface area contributed by atoms with E-state index in [1.165, 1.54) is 18.4 Å². The Kier molecular flexibility index (Phi) is 4.16.